The number of amides is 2. The maximum absolute atomic E-state index is 13.9. The van der Waals surface area contributed by atoms with Gasteiger partial charge in [0.25, 0.3) is 0 Å². The Hall–Kier alpha value is -5.06. The molecule has 250 valence electrons. The number of hydrogen-bond acceptors (Lipinski definition) is 8. The number of hydrogen-bond donors (Lipinski definition) is 4. The molecule has 0 aromatic heterocycles. The highest BCUT2D eigenvalue weighted by molar-refractivity contribution is 5.89. The number of carbonyl (C=O) groups excluding carboxylic acids is 2. The van der Waals surface area contributed by atoms with Crippen LogP contribution in [0.2, 0.25) is 0 Å². The zero-order chi connectivity index (χ0) is 34.2. The van der Waals surface area contributed by atoms with E-state index in [0.29, 0.717) is 53.2 Å². The first kappa shape index (κ1) is 34.8. The van der Waals surface area contributed by atoms with Crippen LogP contribution in [0, 0.1) is 5.92 Å². The number of rotatable bonds is 13. The summed E-state index contributed by atoms with van der Waals surface area (Å²) in [6, 6.07) is 13.2. The summed E-state index contributed by atoms with van der Waals surface area (Å²) >= 11 is 0. The quantitative estimate of drug-likeness (QED) is 0.211. The molecule has 4 N–H and O–H groups in total. The van der Waals surface area contributed by atoms with Crippen molar-refractivity contribution in [2.75, 3.05) is 26.6 Å². The van der Waals surface area contributed by atoms with Gasteiger partial charge in [-0.3, -0.25) is 14.4 Å². The molecule has 2 amide bonds. The first-order valence-electron chi connectivity index (χ1n) is 15.6. The van der Waals surface area contributed by atoms with Gasteiger partial charge in [0.05, 0.1) is 33.1 Å². The van der Waals surface area contributed by atoms with Gasteiger partial charge in [-0.25, -0.2) is 4.79 Å². The number of carboxylic acids is 1. The minimum atomic E-state index is -1.16. The van der Waals surface area contributed by atoms with Crippen LogP contribution in [-0.4, -0.2) is 56.3 Å². The summed E-state index contributed by atoms with van der Waals surface area (Å²) in [6.45, 7) is 5.30. The number of aryl methyl sites for hydroxylation is 1. The fourth-order valence-electron chi connectivity index (χ4n) is 6.04. The first-order chi connectivity index (χ1) is 22.5. The van der Waals surface area contributed by atoms with Crippen molar-refractivity contribution in [3.8, 4) is 28.4 Å². The topological polar surface area (TPSA) is 152 Å². The standard InChI is InChI=1S/C36H43N3O8/c1-20(2)16-28(35(42)39-29(36(43)44)17-22-10-8-7-9-11-22)38-27-15-13-24-25(19-30(27)41)26(37-21(3)40)14-12-23-18-31(45-4)33(46-5)34(47-6)32(23)24/h7-11,13,15,18-20,26,28-29H,12,14,16-17H2,1-6H3,(H,37,40)(H,38,41)(H,39,42)(H,43,44)/t26-,28-,29-/m1/s1. The maximum atomic E-state index is 13.9. The Kier molecular flexibility index (Phi) is 11.5. The van der Waals surface area contributed by atoms with Gasteiger partial charge in [0, 0.05) is 18.9 Å². The predicted octanol–water partition coefficient (Wildman–Crippen LogP) is 4.50. The molecule has 0 saturated heterocycles. The van der Waals surface area contributed by atoms with Crippen molar-refractivity contribution in [1.29, 1.82) is 0 Å². The normalized spacial score (nSPS) is 14.8. The molecule has 11 heteroatoms. The SMILES string of the molecule is COc1cc2c(c(OC)c1OC)-c1ccc(N[C@H](CC(C)C)C(=O)N[C@H](Cc3ccccc3)C(=O)O)c(=O)cc1[C@H](NC(C)=O)CC2. The van der Waals surface area contributed by atoms with E-state index in [1.807, 2.05) is 38.1 Å². The zero-order valence-electron chi connectivity index (χ0n) is 27.6. The van der Waals surface area contributed by atoms with Gasteiger partial charge in [0.15, 0.2) is 11.5 Å². The molecule has 0 saturated carbocycles. The summed E-state index contributed by atoms with van der Waals surface area (Å²) in [5, 5.41) is 18.7. The number of ether oxygens (including phenoxy) is 3. The number of carboxylic acid groups (broad SMARTS) is 1. The molecule has 0 heterocycles. The van der Waals surface area contributed by atoms with E-state index in [4.69, 9.17) is 14.2 Å². The summed E-state index contributed by atoms with van der Waals surface area (Å²) < 4.78 is 17.1. The van der Waals surface area contributed by atoms with Crippen molar-refractivity contribution < 1.29 is 33.7 Å². The average molecular weight is 646 g/mol. The van der Waals surface area contributed by atoms with Crippen LogP contribution in [0.15, 0.2) is 59.4 Å². The Morgan fingerprint density at radius 1 is 0.936 bits per heavy atom. The molecule has 0 unspecified atom stereocenters. The van der Waals surface area contributed by atoms with Gasteiger partial charge in [-0.05, 0) is 65.6 Å². The minimum absolute atomic E-state index is 0.0441. The van der Waals surface area contributed by atoms with Crippen molar-refractivity contribution in [2.45, 2.75) is 64.6 Å². The smallest absolute Gasteiger partial charge is 0.326 e. The number of aliphatic carboxylic acids is 1. The molecule has 47 heavy (non-hydrogen) atoms. The number of nitrogens with one attached hydrogen (secondary N) is 3. The fraction of sp³-hybridized carbons (Fsp3) is 0.389. The maximum Gasteiger partial charge on any atom is 0.326 e. The largest absolute Gasteiger partial charge is 0.493 e. The third-order valence-electron chi connectivity index (χ3n) is 8.17. The molecule has 1 aliphatic rings. The van der Waals surface area contributed by atoms with Crippen LogP contribution in [-0.2, 0) is 27.2 Å². The molecule has 0 fully saturated rings. The van der Waals surface area contributed by atoms with Crippen LogP contribution in [0.3, 0.4) is 0 Å². The Morgan fingerprint density at radius 2 is 1.64 bits per heavy atom. The highest BCUT2D eigenvalue weighted by Crippen LogP contribution is 2.50. The number of anilines is 1. The molecule has 3 aromatic rings. The molecule has 4 rings (SSSR count). The van der Waals surface area contributed by atoms with Crippen molar-refractivity contribution in [3.63, 3.8) is 0 Å². The summed E-state index contributed by atoms with van der Waals surface area (Å²) in [7, 11) is 4.59. The van der Waals surface area contributed by atoms with Crippen molar-refractivity contribution >= 4 is 23.5 Å². The van der Waals surface area contributed by atoms with E-state index in [-0.39, 0.29) is 23.9 Å². The van der Waals surface area contributed by atoms with Gasteiger partial charge in [0.2, 0.25) is 23.0 Å². The van der Waals surface area contributed by atoms with E-state index in [1.165, 1.54) is 27.2 Å². The van der Waals surface area contributed by atoms with Crippen molar-refractivity contribution in [2.24, 2.45) is 5.92 Å². The molecule has 3 aromatic carbocycles. The van der Waals surface area contributed by atoms with Gasteiger partial charge in [-0.15, -0.1) is 0 Å². The second kappa shape index (κ2) is 15.5. The van der Waals surface area contributed by atoms with Crippen LogP contribution >= 0.6 is 0 Å². The summed E-state index contributed by atoms with van der Waals surface area (Å²) in [5.74, 6) is -0.588. The molecule has 0 aliphatic heterocycles. The lowest BCUT2D eigenvalue weighted by Gasteiger charge is -2.23. The van der Waals surface area contributed by atoms with Gasteiger partial charge in [-0.2, -0.15) is 0 Å². The van der Waals surface area contributed by atoms with Crippen LogP contribution < -0.4 is 35.6 Å². The summed E-state index contributed by atoms with van der Waals surface area (Å²) in [4.78, 5) is 51.9. The van der Waals surface area contributed by atoms with Gasteiger partial charge < -0.3 is 35.3 Å². The van der Waals surface area contributed by atoms with Crippen molar-refractivity contribution in [1.82, 2.24) is 10.6 Å². The monoisotopic (exact) mass is 645 g/mol. The molecule has 3 atom stereocenters. The molecule has 0 radical (unpaired) electrons. The van der Waals surface area contributed by atoms with Gasteiger partial charge in [0.1, 0.15) is 12.1 Å². The van der Waals surface area contributed by atoms with Crippen LogP contribution in [0.1, 0.15) is 56.3 Å². The Bertz CT molecular complexity index is 1680. The Labute approximate surface area is 274 Å². The molecule has 1 aliphatic carbocycles. The minimum Gasteiger partial charge on any atom is -0.493 e. The molecular weight excluding hydrogens is 602 g/mol. The zero-order valence-corrected chi connectivity index (χ0v) is 27.6. The highest BCUT2D eigenvalue weighted by Gasteiger charge is 2.31. The van der Waals surface area contributed by atoms with E-state index >= 15 is 0 Å². The lowest BCUT2D eigenvalue weighted by atomic mass is 9.95. The Morgan fingerprint density at radius 3 is 2.23 bits per heavy atom. The number of fused-ring (bicyclic) bond motifs is 3. The molecule has 0 spiro atoms. The second-order valence-electron chi connectivity index (χ2n) is 12.0. The first-order valence-corrected chi connectivity index (χ1v) is 15.6. The van der Waals surface area contributed by atoms with Crippen LogP contribution in [0.5, 0.6) is 17.2 Å². The lowest BCUT2D eigenvalue weighted by molar-refractivity contribution is -0.141. The van der Waals surface area contributed by atoms with Gasteiger partial charge in [-0.1, -0.05) is 50.2 Å². The van der Waals surface area contributed by atoms with E-state index in [1.54, 1.807) is 31.4 Å². The van der Waals surface area contributed by atoms with Gasteiger partial charge >= 0.3 is 5.97 Å². The number of methoxy groups -OCH3 is 3. The molecule has 11 nitrogen and oxygen atoms in total. The number of benzene rings is 2. The highest BCUT2D eigenvalue weighted by atomic mass is 16.5. The van der Waals surface area contributed by atoms with Crippen molar-refractivity contribution in [3.05, 3.63) is 81.5 Å². The fourth-order valence-corrected chi connectivity index (χ4v) is 6.04. The van der Waals surface area contributed by atoms with E-state index in [2.05, 4.69) is 16.0 Å². The molecule has 0 bridgehead atoms. The predicted molar refractivity (Wildman–Crippen MR) is 179 cm³/mol. The molecular formula is C36H43N3O8. The second-order valence-corrected chi connectivity index (χ2v) is 12.0. The third-order valence-corrected chi connectivity index (χ3v) is 8.17. The van der Waals surface area contributed by atoms with E-state index < -0.39 is 35.4 Å². The average Bonchev–Trinajstić information content (AvgIpc) is 3.27. The lowest BCUT2D eigenvalue weighted by Crippen LogP contribution is -2.49. The van der Waals surface area contributed by atoms with E-state index in [0.717, 1.165) is 11.1 Å². The Balaban J connectivity index is 1.79. The third kappa shape index (κ3) is 8.21. The van der Waals surface area contributed by atoms with Crippen LogP contribution in [0.25, 0.3) is 11.1 Å². The van der Waals surface area contributed by atoms with E-state index in [9.17, 15) is 24.3 Å². The summed E-state index contributed by atoms with van der Waals surface area (Å²) in [5.41, 5.74) is 3.35. The summed E-state index contributed by atoms with van der Waals surface area (Å²) in [6.07, 6.45) is 1.50. The number of carbonyl (C=O) groups is 3. The van der Waals surface area contributed by atoms with Crippen LogP contribution in [0.4, 0.5) is 5.69 Å².